The standard InChI is InChI=1S/C78H94N15O23P3S.2H2/c1-53-26-27-54-28-33-63-73(60(54)44-53)77(2,3)66(23-7-5-8-24-67-78(4,34-12-14-43-120(105,106)107)61-21-10-11-22-62(61)91(67)39-17-40-109-58-31-29-57(94)30-32-58)92(63)38-13-6-9-25-68(95)83-36-37-84-76(97)55-18-15-20-59(45-55)111-50-70(88-90-81)110-42-41-108-49-69(96)82-35-16-19-56-47-93(75-72(56)74(79)85-51-86-75)71-46-64(112-52-87-89-80)65(114-71)48-113-118(101,102)116-119(103,104)115-117(98,99)100;;/h5,7-8,10-11,15,18,20-24,26-33,44-45,47,51,64-65,70-71H,6,9,12-14,17,25,34-43,46,48-50,52H2,1-4H3,(H10-,79,82,83,84,85,86,94,95,96,97,98,99,100,101,102,103,104,105,106,107);2*1H/p-4. The summed E-state index contributed by atoms with van der Waals surface area (Å²) in [6.07, 6.45) is 12.8. The van der Waals surface area contributed by atoms with Gasteiger partial charge in [-0.2, -0.15) is 4.58 Å². The van der Waals surface area contributed by atoms with Gasteiger partial charge in [-0.25, -0.2) is 22.7 Å². The fourth-order valence-corrected chi connectivity index (χ4v) is 17.8. The number of phenols is 1. The van der Waals surface area contributed by atoms with Crippen molar-refractivity contribution in [3.05, 3.63) is 200 Å². The van der Waals surface area contributed by atoms with Gasteiger partial charge in [0.15, 0.2) is 11.9 Å². The normalized spacial score (nSPS) is 18.5. The molecule has 5 aromatic carbocycles. The minimum absolute atomic E-state index is 0. The van der Waals surface area contributed by atoms with Gasteiger partial charge in [0.1, 0.15) is 73.9 Å². The molecule has 644 valence electrons. The molecule has 5 heterocycles. The van der Waals surface area contributed by atoms with Gasteiger partial charge in [0.25, 0.3) is 21.6 Å². The Balaban J connectivity index is 0.00000924. The highest BCUT2D eigenvalue weighted by Gasteiger charge is 2.46. The van der Waals surface area contributed by atoms with Gasteiger partial charge in [0.05, 0.1) is 73.4 Å². The van der Waals surface area contributed by atoms with E-state index in [1.54, 1.807) is 42.5 Å². The van der Waals surface area contributed by atoms with Crippen LogP contribution in [0.2, 0.25) is 0 Å². The molecule has 3 aliphatic rings. The Morgan fingerprint density at radius 1 is 0.858 bits per heavy atom. The number of ether oxygens (including phenoxy) is 6. The number of allylic oxidation sites excluding steroid dienone is 6. The van der Waals surface area contributed by atoms with E-state index in [1.807, 2.05) is 24.3 Å². The quantitative estimate of drug-likeness (QED) is 0.00273. The predicted molar refractivity (Wildman–Crippen MR) is 436 cm³/mol. The molecule has 7 unspecified atom stereocenters. The highest BCUT2D eigenvalue weighted by Crippen LogP contribution is 2.61. The van der Waals surface area contributed by atoms with Crippen molar-refractivity contribution in [3.63, 3.8) is 0 Å². The van der Waals surface area contributed by atoms with Crippen molar-refractivity contribution in [1.29, 1.82) is 0 Å². The molecule has 120 heavy (non-hydrogen) atoms. The molecule has 1 saturated heterocycles. The van der Waals surface area contributed by atoms with Crippen LogP contribution in [-0.2, 0) is 76.3 Å². The first-order valence-electron chi connectivity index (χ1n) is 38.1. The van der Waals surface area contributed by atoms with Crippen LogP contribution in [0.1, 0.15) is 120 Å². The number of phosphoric acid groups is 3. The molecule has 2 aromatic heterocycles. The average molecular weight is 1730 g/mol. The maximum Gasteiger partial charge on any atom is 0.278 e. The fourth-order valence-electron chi connectivity index (χ4n) is 14.4. The monoisotopic (exact) mass is 1730 g/mol. The number of rotatable bonds is 45. The van der Waals surface area contributed by atoms with E-state index in [2.05, 4.69) is 169 Å². The number of amides is 3. The maximum atomic E-state index is 13.3. The summed E-state index contributed by atoms with van der Waals surface area (Å²) in [5, 5.41) is 27.5. The van der Waals surface area contributed by atoms with Crippen LogP contribution in [-0.4, -0.2) is 164 Å². The van der Waals surface area contributed by atoms with Gasteiger partial charge in [-0.1, -0.05) is 94.7 Å². The lowest BCUT2D eigenvalue weighted by Gasteiger charge is -2.37. The number of hydrogen-bond acceptors (Lipinski definition) is 29. The SMILES string of the molecule is Cc1ccc2ccc3c(c2c1)C(C)(C)C(C=CC=CC=C1N(CCCOc2ccc(O)cc2)c2ccccc2C1(C)CCCCS(=O)(=O)[O-])=[N+]3CCCCCC(=O)NCCNC(=O)c1cccc(OCC(N=[N+]=[N-])OCCOCC(=O)NCC#Cc2cn(C3CC(OCN=[N+]=[N-])C(COP(=O)([O-])OP(=O)([O-])OP(=O)([O-])[O-])O3)c3ncnc(N)c23)c1.[HH].[HH]. The van der Waals surface area contributed by atoms with E-state index in [9.17, 15) is 71.3 Å². The smallest absolute Gasteiger partial charge is 0.278 e. The number of hydrogen-bond donors (Lipinski definition) is 5. The molecule has 3 aliphatic heterocycles. The molecule has 0 spiro atoms. The molecule has 42 heteroatoms. The number of nitrogens with zero attached hydrogens (tertiary/aromatic N) is 11. The molecule has 0 saturated carbocycles. The Morgan fingerprint density at radius 2 is 1.64 bits per heavy atom. The summed E-state index contributed by atoms with van der Waals surface area (Å²) >= 11 is 0. The Morgan fingerprint density at radius 3 is 2.42 bits per heavy atom. The molecule has 38 nitrogen and oxygen atoms in total. The van der Waals surface area contributed by atoms with Gasteiger partial charge in [-0.3, -0.25) is 27.8 Å². The molecular weight excluding hydrogens is 1640 g/mol. The number of azide groups is 2. The molecule has 3 amide bonds. The van der Waals surface area contributed by atoms with Crippen molar-refractivity contribution in [2.45, 2.75) is 121 Å². The second-order valence-corrected chi connectivity index (χ2v) is 34.4. The highest BCUT2D eigenvalue weighted by atomic mass is 32.2. The third-order valence-electron chi connectivity index (χ3n) is 19.7. The second kappa shape index (κ2) is 42.2. The zero-order valence-electron chi connectivity index (χ0n) is 65.9. The van der Waals surface area contributed by atoms with Crippen LogP contribution < -0.4 is 55.6 Å². The topological polar surface area (TPSA) is 552 Å². The van der Waals surface area contributed by atoms with Crippen LogP contribution in [0.25, 0.3) is 42.7 Å². The van der Waals surface area contributed by atoms with Crippen molar-refractivity contribution in [1.82, 2.24) is 30.5 Å². The minimum atomic E-state index is -6.27. The molecule has 7 aromatic rings. The highest BCUT2D eigenvalue weighted by molar-refractivity contribution is 7.85. The number of fused-ring (bicyclic) bond motifs is 5. The zero-order chi connectivity index (χ0) is 86.3. The van der Waals surface area contributed by atoms with E-state index in [0.717, 1.165) is 58.5 Å². The number of carbonyl (C=O) groups is 3. The Bertz CT molecular complexity index is 5450. The van der Waals surface area contributed by atoms with Gasteiger partial charge in [-0.15, -0.1) is 0 Å². The Labute approximate surface area is 694 Å². The number of nitrogen functional groups attached to an aromatic ring is 1. The summed E-state index contributed by atoms with van der Waals surface area (Å²) < 4.78 is 119. The number of benzene rings is 5. The summed E-state index contributed by atoms with van der Waals surface area (Å²) in [7, 11) is -22.8. The Hall–Kier alpha value is -10.4. The van der Waals surface area contributed by atoms with E-state index in [4.69, 9.17) is 39.7 Å². The van der Waals surface area contributed by atoms with Crippen LogP contribution in [0.3, 0.4) is 0 Å². The van der Waals surface area contributed by atoms with Crippen LogP contribution in [0.15, 0.2) is 162 Å². The van der Waals surface area contributed by atoms with E-state index in [0.29, 0.717) is 51.1 Å². The van der Waals surface area contributed by atoms with Crippen LogP contribution >= 0.6 is 23.5 Å². The van der Waals surface area contributed by atoms with Gasteiger partial charge >= 0.3 is 0 Å². The molecule has 0 radical (unpaired) electrons. The molecule has 7 atom stereocenters. The summed E-state index contributed by atoms with van der Waals surface area (Å²) in [6, 6.07) is 32.0. The number of nitrogens with one attached hydrogen (secondary N) is 3. The van der Waals surface area contributed by atoms with E-state index in [-0.39, 0.29) is 107 Å². The number of unbranched alkanes of at least 4 members (excludes halogenated alkanes) is 3. The molecule has 10 rings (SSSR count). The average Bonchev–Trinajstić information content (AvgIpc) is 1.60. The number of nitrogens with two attached hydrogens (primary N) is 1. The number of aryl methyl sites for hydroxylation is 1. The summed E-state index contributed by atoms with van der Waals surface area (Å²) in [5.74, 6) is 5.09. The van der Waals surface area contributed by atoms with E-state index >= 15 is 0 Å². The third kappa shape index (κ3) is 25.8. The number of carbonyl (C=O) groups excluding carboxylic acids is 3. The number of aromatic nitrogens is 3. The summed E-state index contributed by atoms with van der Waals surface area (Å²) in [5.41, 5.74) is 31.9. The van der Waals surface area contributed by atoms with Crippen molar-refractivity contribution < 1.29 is 115 Å². The molecular formula is C78H94N15O23P3S-4. The number of aromatic hydroxyl groups is 1. The largest absolute Gasteiger partial charge is 0.790 e. The number of phosphoric ester groups is 1. The van der Waals surface area contributed by atoms with Crippen LogP contribution in [0, 0.1) is 18.8 Å². The fraction of sp³-hybridized carbons (Fsp3) is 0.410. The van der Waals surface area contributed by atoms with Crippen molar-refractivity contribution in [2.24, 2.45) is 10.2 Å². The molecule has 0 aliphatic carbocycles. The van der Waals surface area contributed by atoms with E-state index in [1.165, 1.54) is 27.8 Å². The van der Waals surface area contributed by atoms with Crippen LogP contribution in [0.5, 0.6) is 17.2 Å². The van der Waals surface area contributed by atoms with Crippen molar-refractivity contribution >= 4 is 96.0 Å². The lowest BCUT2D eigenvalue weighted by Crippen LogP contribution is -2.34. The summed E-state index contributed by atoms with van der Waals surface area (Å²) in [6.45, 7) is 8.10. The minimum Gasteiger partial charge on any atom is -0.790 e. The Kier molecular flexibility index (Phi) is 32.3. The number of anilines is 2. The third-order valence-corrected chi connectivity index (χ3v) is 24.2. The molecule has 0 bridgehead atoms. The molecule has 6 N–H and O–H groups in total. The second-order valence-electron chi connectivity index (χ2n) is 28.6. The first kappa shape index (κ1) is 91.9. The lowest BCUT2D eigenvalue weighted by molar-refractivity contribution is -0.438. The van der Waals surface area contributed by atoms with Crippen molar-refractivity contribution in [2.75, 3.05) is 95.5 Å². The first-order chi connectivity index (χ1) is 57.2. The number of phenolic OH excluding ortho intramolecular Hbond substituents is 1. The van der Waals surface area contributed by atoms with Gasteiger partial charge in [0, 0.05) is 104 Å². The van der Waals surface area contributed by atoms with Gasteiger partial charge in [0.2, 0.25) is 17.5 Å². The first-order valence-corrected chi connectivity index (χ1v) is 44.0. The van der Waals surface area contributed by atoms with Gasteiger partial charge < -0.3 is 97.9 Å². The van der Waals surface area contributed by atoms with Crippen molar-refractivity contribution in [3.8, 4) is 29.1 Å². The lowest BCUT2D eigenvalue weighted by atomic mass is 9.77. The number of para-hydroxylation sites is 1. The maximum absolute atomic E-state index is 13.3. The predicted octanol–water partition coefficient (Wildman–Crippen LogP) is 9.09. The molecule has 1 fully saturated rings. The van der Waals surface area contributed by atoms with Crippen LogP contribution in [0.4, 0.5) is 17.2 Å². The van der Waals surface area contributed by atoms with Gasteiger partial charge in [-0.05, 0) is 148 Å². The summed E-state index contributed by atoms with van der Waals surface area (Å²) in [4.78, 5) is 101. The van der Waals surface area contributed by atoms with E-state index < -0.39 is 107 Å². The zero-order valence-corrected chi connectivity index (χ0v) is 69.4.